The highest BCUT2D eigenvalue weighted by Gasteiger charge is 2.17. The van der Waals surface area contributed by atoms with Crippen molar-refractivity contribution in [3.63, 3.8) is 0 Å². The molecule has 6 heterocycles. The fourth-order valence-electron chi connectivity index (χ4n) is 4.61. The molecule has 13 nitrogen and oxygen atoms in total. The number of pyridine rings is 3. The summed E-state index contributed by atoms with van der Waals surface area (Å²) in [4.78, 5) is 49.4. The molecule has 3 amide bonds. The van der Waals surface area contributed by atoms with E-state index in [0.29, 0.717) is 16.6 Å². The minimum absolute atomic E-state index is 0.162. The number of nitrogens with one attached hydrogen (secondary N) is 2. The Balaban J connectivity index is 0.000000211. The third-order valence-corrected chi connectivity index (χ3v) is 8.42. The second-order valence-corrected chi connectivity index (χ2v) is 11.8. The Labute approximate surface area is 267 Å². The molecule has 1 aliphatic rings. The lowest BCUT2D eigenvalue weighted by Crippen LogP contribution is -2.34. The van der Waals surface area contributed by atoms with Gasteiger partial charge in [0.1, 0.15) is 27.3 Å². The molecule has 0 saturated carbocycles. The molecule has 1 aliphatic heterocycles. The first-order valence-electron chi connectivity index (χ1n) is 14.0. The summed E-state index contributed by atoms with van der Waals surface area (Å²) in [5, 5.41) is 13.5. The summed E-state index contributed by atoms with van der Waals surface area (Å²) in [5.74, 6) is 1.11. The van der Waals surface area contributed by atoms with Crippen molar-refractivity contribution >= 4 is 46.2 Å². The maximum atomic E-state index is 12.4. The number of carbonyl (C=O) groups is 2. The van der Waals surface area contributed by atoms with Gasteiger partial charge in [-0.3, -0.25) is 30.3 Å². The van der Waals surface area contributed by atoms with Gasteiger partial charge in [0, 0.05) is 64.7 Å². The number of thiazole rings is 2. The van der Waals surface area contributed by atoms with E-state index in [2.05, 4.69) is 57.4 Å². The first-order chi connectivity index (χ1) is 22.0. The molecule has 1 saturated heterocycles. The zero-order chi connectivity index (χ0) is 31.4. The molecule has 5 aromatic heterocycles. The van der Waals surface area contributed by atoms with Gasteiger partial charge in [-0.25, -0.2) is 19.7 Å². The third kappa shape index (κ3) is 9.20. The van der Waals surface area contributed by atoms with Gasteiger partial charge in [-0.1, -0.05) is 13.0 Å². The van der Waals surface area contributed by atoms with E-state index in [1.165, 1.54) is 35.5 Å². The van der Waals surface area contributed by atoms with Crippen LogP contribution in [0.2, 0.25) is 0 Å². The fourth-order valence-corrected chi connectivity index (χ4v) is 6.17. The fraction of sp³-hybridized carbons (Fsp3) is 0.233. The summed E-state index contributed by atoms with van der Waals surface area (Å²) < 4.78 is 0. The number of azide groups is 1. The highest BCUT2D eigenvalue weighted by atomic mass is 32.1. The quantitative estimate of drug-likeness (QED) is 0.107. The van der Waals surface area contributed by atoms with Crippen LogP contribution >= 0.6 is 22.7 Å². The number of nitrogens with zero attached hydrogens (tertiary/aromatic N) is 9. The summed E-state index contributed by atoms with van der Waals surface area (Å²) in [6.07, 6.45) is 9.26. The largest absolute Gasteiger partial charge is 0.326 e. The van der Waals surface area contributed by atoms with Crippen LogP contribution in [0.25, 0.3) is 31.6 Å². The van der Waals surface area contributed by atoms with Crippen LogP contribution in [0.5, 0.6) is 0 Å². The minimum Gasteiger partial charge on any atom is -0.297 e. The summed E-state index contributed by atoms with van der Waals surface area (Å²) in [7, 11) is 0. The first kappa shape index (κ1) is 31.3. The van der Waals surface area contributed by atoms with Crippen LogP contribution in [0.3, 0.4) is 0 Å². The molecular formula is C30H29N11O2S2. The molecule has 2 N–H and O–H groups in total. The summed E-state index contributed by atoms with van der Waals surface area (Å²) >= 11 is 2.78. The number of anilines is 2. The van der Waals surface area contributed by atoms with Gasteiger partial charge in [0.25, 0.3) is 5.91 Å². The van der Waals surface area contributed by atoms with Gasteiger partial charge in [0.15, 0.2) is 0 Å². The monoisotopic (exact) mass is 639 g/mol. The highest BCUT2D eigenvalue weighted by molar-refractivity contribution is 7.13. The second-order valence-electron chi connectivity index (χ2n) is 10.1. The van der Waals surface area contributed by atoms with Crippen molar-refractivity contribution in [2.45, 2.75) is 26.3 Å². The van der Waals surface area contributed by atoms with Crippen LogP contribution < -0.4 is 10.6 Å². The lowest BCUT2D eigenvalue weighted by Gasteiger charge is -2.30. The maximum Gasteiger partial charge on any atom is 0.326 e. The van der Waals surface area contributed by atoms with Gasteiger partial charge in [-0.2, -0.15) is 0 Å². The average Bonchev–Trinajstić information content (AvgIpc) is 3.73. The lowest BCUT2D eigenvalue weighted by molar-refractivity contribution is 0.0996. The lowest BCUT2D eigenvalue weighted by atomic mass is 10.0. The normalized spacial score (nSPS) is 14.4. The summed E-state index contributed by atoms with van der Waals surface area (Å²) in [5.41, 5.74) is 11.1. The van der Waals surface area contributed by atoms with E-state index in [1.54, 1.807) is 48.4 Å². The van der Waals surface area contributed by atoms with Crippen molar-refractivity contribution in [3.8, 4) is 21.1 Å². The Hall–Kier alpha value is -5.08. The smallest absolute Gasteiger partial charge is 0.297 e. The number of aromatic nitrogens is 5. The number of rotatable bonds is 7. The number of likely N-dealkylation sites (tertiary alicyclic amines) is 1. The van der Waals surface area contributed by atoms with E-state index < -0.39 is 5.91 Å². The van der Waals surface area contributed by atoms with E-state index in [9.17, 15) is 9.59 Å². The molecule has 0 aromatic carbocycles. The third-order valence-electron chi connectivity index (χ3n) is 6.63. The van der Waals surface area contributed by atoms with Crippen LogP contribution in [0, 0.1) is 5.92 Å². The highest BCUT2D eigenvalue weighted by Crippen LogP contribution is 2.26. The van der Waals surface area contributed by atoms with E-state index >= 15 is 0 Å². The Morgan fingerprint density at radius 3 is 2.29 bits per heavy atom. The molecule has 0 aliphatic carbocycles. The van der Waals surface area contributed by atoms with E-state index in [0.717, 1.165) is 47.4 Å². The van der Waals surface area contributed by atoms with Crippen molar-refractivity contribution in [2.24, 2.45) is 11.0 Å². The Morgan fingerprint density at radius 2 is 1.60 bits per heavy atom. The SMILES string of the molecule is CC1CCCN(Cc2cccc(NC(=O)Nc3csc(-c4ccncc4)n3)n2)C1.[N-]=[N+]=NC(=O)c1csc(-c2ccncc2)n1. The molecule has 228 valence electrons. The molecule has 1 unspecified atom stereocenters. The number of urea groups is 1. The van der Waals surface area contributed by atoms with Crippen LogP contribution in [0.15, 0.2) is 83.1 Å². The van der Waals surface area contributed by atoms with Crippen molar-refractivity contribution in [3.05, 3.63) is 99.8 Å². The average molecular weight is 640 g/mol. The van der Waals surface area contributed by atoms with Gasteiger partial charge in [-0.05, 0) is 72.3 Å². The minimum atomic E-state index is -0.668. The number of hydrogen-bond donors (Lipinski definition) is 2. The molecule has 0 bridgehead atoms. The van der Waals surface area contributed by atoms with Gasteiger partial charge >= 0.3 is 6.03 Å². The van der Waals surface area contributed by atoms with Crippen LogP contribution in [0.4, 0.5) is 16.4 Å². The molecule has 1 atom stereocenters. The van der Waals surface area contributed by atoms with Crippen LogP contribution in [-0.2, 0) is 6.54 Å². The molecule has 5 aromatic rings. The molecule has 15 heteroatoms. The van der Waals surface area contributed by atoms with E-state index in [-0.39, 0.29) is 11.7 Å². The Bertz CT molecular complexity index is 1770. The molecule has 0 radical (unpaired) electrons. The molecule has 45 heavy (non-hydrogen) atoms. The zero-order valence-corrected chi connectivity index (χ0v) is 25.9. The predicted molar refractivity (Wildman–Crippen MR) is 175 cm³/mol. The van der Waals surface area contributed by atoms with E-state index in [1.807, 2.05) is 29.6 Å². The zero-order valence-electron chi connectivity index (χ0n) is 24.3. The summed E-state index contributed by atoms with van der Waals surface area (Å²) in [6.45, 7) is 5.31. The maximum absolute atomic E-state index is 12.4. The van der Waals surface area contributed by atoms with Crippen molar-refractivity contribution in [2.75, 3.05) is 23.7 Å². The predicted octanol–water partition coefficient (Wildman–Crippen LogP) is 7.13. The molecule has 6 rings (SSSR count). The van der Waals surface area contributed by atoms with E-state index in [4.69, 9.17) is 5.53 Å². The van der Waals surface area contributed by atoms with Crippen molar-refractivity contribution < 1.29 is 9.59 Å². The van der Waals surface area contributed by atoms with Gasteiger partial charge in [0.2, 0.25) is 0 Å². The first-order valence-corrected chi connectivity index (χ1v) is 15.8. The van der Waals surface area contributed by atoms with Crippen LogP contribution in [-0.4, -0.2) is 54.8 Å². The number of carbonyl (C=O) groups excluding carboxylic acids is 2. The standard InChI is InChI=1S/C21H24N6OS.C9H5N5OS/c1-15-4-3-11-27(12-15)13-17-5-2-6-18(23-17)25-21(28)26-19-14-29-20(24-19)16-7-9-22-10-8-16;10-14-13-8(15)7-5-16-9(12-7)6-1-3-11-4-2-6/h2,5-10,14-15H,3-4,11-13H2,1H3,(H2,23,25,26,28);1-5H. The van der Waals surface area contributed by atoms with Crippen molar-refractivity contribution in [1.82, 2.24) is 29.8 Å². The molecule has 0 spiro atoms. The number of piperidine rings is 1. The van der Waals surface area contributed by atoms with Gasteiger partial charge in [0.05, 0.1) is 5.69 Å². The summed E-state index contributed by atoms with van der Waals surface area (Å²) in [6, 6.07) is 12.7. The Morgan fingerprint density at radius 1 is 0.933 bits per heavy atom. The van der Waals surface area contributed by atoms with Gasteiger partial charge < -0.3 is 0 Å². The molecule has 1 fully saturated rings. The van der Waals surface area contributed by atoms with Crippen LogP contribution in [0.1, 0.15) is 35.9 Å². The number of amides is 3. The Kier molecular flexibility index (Phi) is 10.9. The topological polar surface area (TPSA) is 175 Å². The molecular weight excluding hydrogens is 611 g/mol. The second kappa shape index (κ2) is 15.6. The van der Waals surface area contributed by atoms with Crippen molar-refractivity contribution in [1.29, 1.82) is 0 Å². The number of hydrogen-bond acceptors (Lipinski definition) is 10. The van der Waals surface area contributed by atoms with Gasteiger partial charge in [-0.15, -0.1) is 22.7 Å².